The van der Waals surface area contributed by atoms with E-state index in [0.717, 1.165) is 12.3 Å². The number of hydrogen-bond acceptors (Lipinski definition) is 2. The molecule has 2 nitrogen and oxygen atoms in total. The first kappa shape index (κ1) is 12.5. The van der Waals surface area contributed by atoms with Crippen LogP contribution in [0.2, 0.25) is 0 Å². The van der Waals surface area contributed by atoms with Crippen LogP contribution in [0.4, 0.5) is 0 Å². The van der Waals surface area contributed by atoms with Crippen molar-refractivity contribution in [2.45, 2.75) is 46.5 Å². The Bertz CT molecular complexity index is 141. The molecule has 2 heteroatoms. The molecule has 0 aliphatic heterocycles. The van der Waals surface area contributed by atoms with Crippen LogP contribution in [-0.4, -0.2) is 13.1 Å². The fourth-order valence-corrected chi connectivity index (χ4v) is 1.34. The summed E-state index contributed by atoms with van der Waals surface area (Å²) in [6, 6.07) is 0. The van der Waals surface area contributed by atoms with Crippen LogP contribution in [0.15, 0.2) is 0 Å². The quantitative estimate of drug-likeness (QED) is 0.596. The second-order valence-corrected chi connectivity index (χ2v) is 4.21. The van der Waals surface area contributed by atoms with Crippen molar-refractivity contribution in [1.29, 1.82) is 0 Å². The second kappa shape index (κ2) is 6.93. The van der Waals surface area contributed by atoms with E-state index in [0.29, 0.717) is 12.3 Å². The van der Waals surface area contributed by atoms with Crippen LogP contribution in [0.5, 0.6) is 0 Å². The summed E-state index contributed by atoms with van der Waals surface area (Å²) in [6.07, 6.45) is 4.17. The summed E-state index contributed by atoms with van der Waals surface area (Å²) < 4.78 is 4.61. The fraction of sp³-hybridized carbons (Fsp3) is 0.909. The molecule has 1 atom stereocenters. The molecule has 78 valence electrons. The molecule has 0 aliphatic carbocycles. The lowest BCUT2D eigenvalue weighted by molar-refractivity contribution is -0.141. The summed E-state index contributed by atoms with van der Waals surface area (Å²) in [5, 5.41) is 0. The molecule has 0 aromatic rings. The van der Waals surface area contributed by atoms with E-state index >= 15 is 0 Å². The summed E-state index contributed by atoms with van der Waals surface area (Å²) in [5.41, 5.74) is 0. The number of carbonyl (C=O) groups excluding carboxylic acids is 1. The minimum absolute atomic E-state index is 0.0861. The van der Waals surface area contributed by atoms with Crippen molar-refractivity contribution < 1.29 is 9.53 Å². The van der Waals surface area contributed by atoms with E-state index in [2.05, 4.69) is 25.5 Å². The van der Waals surface area contributed by atoms with Gasteiger partial charge in [0.15, 0.2) is 0 Å². The van der Waals surface area contributed by atoms with Crippen molar-refractivity contribution in [3.8, 4) is 0 Å². The number of ether oxygens (including phenoxy) is 1. The fourth-order valence-electron chi connectivity index (χ4n) is 1.34. The summed E-state index contributed by atoms with van der Waals surface area (Å²) in [7, 11) is 1.45. The van der Waals surface area contributed by atoms with Crippen LogP contribution < -0.4 is 0 Å². The zero-order valence-electron chi connectivity index (χ0n) is 9.30. The zero-order chi connectivity index (χ0) is 10.3. The van der Waals surface area contributed by atoms with Crippen molar-refractivity contribution in [3.63, 3.8) is 0 Å². The van der Waals surface area contributed by atoms with Gasteiger partial charge in [-0.2, -0.15) is 0 Å². The standard InChI is InChI=1S/C11H22O2/c1-9(2)6-5-7-10(3)8-11(12)13-4/h9-10H,5-8H2,1-4H3/t10-/m1/s1. The Morgan fingerprint density at radius 3 is 2.31 bits per heavy atom. The van der Waals surface area contributed by atoms with Gasteiger partial charge >= 0.3 is 5.97 Å². The van der Waals surface area contributed by atoms with E-state index in [4.69, 9.17) is 0 Å². The smallest absolute Gasteiger partial charge is 0.305 e. The van der Waals surface area contributed by atoms with Crippen LogP contribution in [0.3, 0.4) is 0 Å². The normalized spacial score (nSPS) is 13.0. The zero-order valence-corrected chi connectivity index (χ0v) is 9.30. The van der Waals surface area contributed by atoms with Crippen LogP contribution in [0.1, 0.15) is 46.5 Å². The average molecular weight is 186 g/mol. The topological polar surface area (TPSA) is 26.3 Å². The van der Waals surface area contributed by atoms with Gasteiger partial charge in [0.05, 0.1) is 7.11 Å². The first-order valence-corrected chi connectivity index (χ1v) is 5.13. The number of hydrogen-bond donors (Lipinski definition) is 0. The lowest BCUT2D eigenvalue weighted by atomic mass is 9.97. The maximum Gasteiger partial charge on any atom is 0.305 e. The Morgan fingerprint density at radius 2 is 1.85 bits per heavy atom. The Balaban J connectivity index is 3.40. The number of methoxy groups -OCH3 is 1. The van der Waals surface area contributed by atoms with E-state index < -0.39 is 0 Å². The van der Waals surface area contributed by atoms with Gasteiger partial charge in [0, 0.05) is 6.42 Å². The third-order valence-electron chi connectivity index (χ3n) is 2.22. The highest BCUT2D eigenvalue weighted by Crippen LogP contribution is 2.15. The average Bonchev–Trinajstić information content (AvgIpc) is 2.03. The SMILES string of the molecule is COC(=O)C[C@H](C)CCCC(C)C. The van der Waals surface area contributed by atoms with Crippen LogP contribution in [-0.2, 0) is 9.53 Å². The molecule has 0 fully saturated rings. The van der Waals surface area contributed by atoms with Gasteiger partial charge in [-0.15, -0.1) is 0 Å². The predicted molar refractivity (Wildman–Crippen MR) is 54.5 cm³/mol. The van der Waals surface area contributed by atoms with Gasteiger partial charge in [0.2, 0.25) is 0 Å². The van der Waals surface area contributed by atoms with Crippen LogP contribution in [0.25, 0.3) is 0 Å². The molecular formula is C11H22O2. The summed E-state index contributed by atoms with van der Waals surface area (Å²) in [6.45, 7) is 6.56. The number of esters is 1. The molecular weight excluding hydrogens is 164 g/mol. The predicted octanol–water partition coefficient (Wildman–Crippen LogP) is 3.01. The molecule has 0 saturated carbocycles. The first-order valence-electron chi connectivity index (χ1n) is 5.13. The van der Waals surface area contributed by atoms with Gasteiger partial charge in [-0.1, -0.05) is 40.0 Å². The summed E-state index contributed by atoms with van der Waals surface area (Å²) >= 11 is 0. The minimum atomic E-state index is -0.0861. The molecule has 0 N–H and O–H groups in total. The van der Waals surface area contributed by atoms with Gasteiger partial charge in [-0.05, 0) is 11.8 Å². The van der Waals surface area contributed by atoms with E-state index in [-0.39, 0.29) is 5.97 Å². The molecule has 0 radical (unpaired) electrons. The Morgan fingerprint density at radius 1 is 1.23 bits per heavy atom. The van der Waals surface area contributed by atoms with Gasteiger partial charge in [0.25, 0.3) is 0 Å². The van der Waals surface area contributed by atoms with E-state index in [9.17, 15) is 4.79 Å². The van der Waals surface area contributed by atoms with Crippen molar-refractivity contribution in [3.05, 3.63) is 0 Å². The van der Waals surface area contributed by atoms with Crippen LogP contribution in [0, 0.1) is 11.8 Å². The van der Waals surface area contributed by atoms with Gasteiger partial charge in [-0.25, -0.2) is 0 Å². The maximum atomic E-state index is 10.9. The molecule has 0 aliphatic rings. The molecule has 0 unspecified atom stereocenters. The van der Waals surface area contributed by atoms with Gasteiger partial charge in [-0.3, -0.25) is 4.79 Å². The molecule has 0 spiro atoms. The Hall–Kier alpha value is -0.530. The third-order valence-corrected chi connectivity index (χ3v) is 2.22. The second-order valence-electron chi connectivity index (χ2n) is 4.21. The molecule has 0 aromatic heterocycles. The third kappa shape index (κ3) is 7.82. The largest absolute Gasteiger partial charge is 0.469 e. The van der Waals surface area contributed by atoms with E-state index in [1.165, 1.54) is 20.0 Å². The van der Waals surface area contributed by atoms with Crippen molar-refractivity contribution in [1.82, 2.24) is 0 Å². The first-order chi connectivity index (χ1) is 6.06. The van der Waals surface area contributed by atoms with Crippen molar-refractivity contribution >= 4 is 5.97 Å². The molecule has 0 amide bonds. The highest BCUT2D eigenvalue weighted by Gasteiger charge is 2.08. The lowest BCUT2D eigenvalue weighted by Crippen LogP contribution is -2.07. The Kier molecular flexibility index (Phi) is 6.65. The minimum Gasteiger partial charge on any atom is -0.469 e. The molecule has 0 aromatic carbocycles. The summed E-state index contributed by atoms with van der Waals surface area (Å²) in [4.78, 5) is 10.9. The molecule has 0 saturated heterocycles. The summed E-state index contributed by atoms with van der Waals surface area (Å²) in [5.74, 6) is 1.15. The van der Waals surface area contributed by atoms with Gasteiger partial charge in [0.1, 0.15) is 0 Å². The maximum absolute atomic E-state index is 10.9. The Labute approximate surface area is 81.7 Å². The number of carbonyl (C=O) groups is 1. The van der Waals surface area contributed by atoms with E-state index in [1.807, 2.05) is 0 Å². The monoisotopic (exact) mass is 186 g/mol. The highest BCUT2D eigenvalue weighted by atomic mass is 16.5. The molecule has 0 heterocycles. The molecule has 13 heavy (non-hydrogen) atoms. The number of rotatable bonds is 6. The van der Waals surface area contributed by atoms with Crippen molar-refractivity contribution in [2.75, 3.05) is 7.11 Å². The van der Waals surface area contributed by atoms with Gasteiger partial charge < -0.3 is 4.74 Å². The molecule has 0 bridgehead atoms. The van der Waals surface area contributed by atoms with E-state index in [1.54, 1.807) is 0 Å². The lowest BCUT2D eigenvalue weighted by Gasteiger charge is -2.10. The molecule has 0 rings (SSSR count). The van der Waals surface area contributed by atoms with Crippen molar-refractivity contribution in [2.24, 2.45) is 11.8 Å². The highest BCUT2D eigenvalue weighted by molar-refractivity contribution is 5.69. The van der Waals surface area contributed by atoms with Crippen LogP contribution >= 0.6 is 0 Å².